The van der Waals surface area contributed by atoms with Crippen LogP contribution in [0.15, 0.2) is 18.2 Å². The van der Waals surface area contributed by atoms with E-state index in [0.717, 1.165) is 60.9 Å². The van der Waals surface area contributed by atoms with Gasteiger partial charge in [0.2, 0.25) is 0 Å². The number of piperidine rings is 1. The lowest BCUT2D eigenvalue weighted by Crippen LogP contribution is -2.42. The molecular weight excluding hydrogens is 366 g/mol. The van der Waals surface area contributed by atoms with E-state index >= 15 is 0 Å². The second-order valence-electron chi connectivity index (χ2n) is 8.18. The Morgan fingerprint density at radius 3 is 2.62 bits per heavy atom. The predicted molar refractivity (Wildman–Crippen MR) is 116 cm³/mol. The van der Waals surface area contributed by atoms with Gasteiger partial charge in [-0.1, -0.05) is 6.42 Å². The van der Waals surface area contributed by atoms with Gasteiger partial charge in [-0.25, -0.2) is 4.98 Å². The maximum absolute atomic E-state index is 6.20. The summed E-state index contributed by atoms with van der Waals surface area (Å²) < 4.78 is 17.2. The summed E-state index contributed by atoms with van der Waals surface area (Å²) in [5.74, 6) is 2.55. The van der Waals surface area contributed by atoms with Crippen LogP contribution in [-0.4, -0.2) is 69.5 Å². The molecule has 2 fully saturated rings. The third kappa shape index (κ3) is 4.59. The standard InChI is InChI=1S/C23H33N3O3/c1-17-12-22(24-23-20(17)13-18(27-2)14-21(23)28-3)26-10-7-11-29-19(16-26)15-25-8-5-4-6-9-25/h12-14,19H,4-11,15-16H2,1-3H3/t19-/m0/s1. The van der Waals surface area contributed by atoms with Gasteiger partial charge in [-0.2, -0.15) is 0 Å². The number of aryl methyl sites for hydroxylation is 1. The first kappa shape index (κ1) is 20.2. The molecule has 3 heterocycles. The number of likely N-dealkylation sites (tertiary alicyclic amines) is 1. The number of benzene rings is 1. The molecule has 0 aliphatic carbocycles. The number of fused-ring (bicyclic) bond motifs is 1. The van der Waals surface area contributed by atoms with Crippen LogP contribution < -0.4 is 14.4 Å². The van der Waals surface area contributed by atoms with E-state index < -0.39 is 0 Å². The second-order valence-corrected chi connectivity index (χ2v) is 8.18. The Labute approximate surface area is 173 Å². The molecule has 0 amide bonds. The van der Waals surface area contributed by atoms with Crippen molar-refractivity contribution in [3.05, 3.63) is 23.8 Å². The van der Waals surface area contributed by atoms with Gasteiger partial charge in [0.25, 0.3) is 0 Å². The van der Waals surface area contributed by atoms with Crippen molar-refractivity contribution in [3.63, 3.8) is 0 Å². The summed E-state index contributed by atoms with van der Waals surface area (Å²) in [5.41, 5.74) is 2.07. The highest BCUT2D eigenvalue weighted by Crippen LogP contribution is 2.34. The van der Waals surface area contributed by atoms with E-state index in [9.17, 15) is 0 Å². The van der Waals surface area contributed by atoms with Crippen molar-refractivity contribution in [2.45, 2.75) is 38.7 Å². The van der Waals surface area contributed by atoms with Gasteiger partial charge in [0.15, 0.2) is 0 Å². The van der Waals surface area contributed by atoms with Crippen LogP contribution in [0.3, 0.4) is 0 Å². The Morgan fingerprint density at radius 1 is 1.03 bits per heavy atom. The van der Waals surface area contributed by atoms with Gasteiger partial charge in [0.05, 0.1) is 20.3 Å². The Kier molecular flexibility index (Phi) is 6.40. The molecule has 0 N–H and O–H groups in total. The third-order valence-corrected chi connectivity index (χ3v) is 6.09. The highest BCUT2D eigenvalue weighted by molar-refractivity contribution is 5.90. The first-order chi connectivity index (χ1) is 14.2. The minimum Gasteiger partial charge on any atom is -0.497 e. The zero-order chi connectivity index (χ0) is 20.2. The Bertz CT molecular complexity index is 836. The van der Waals surface area contributed by atoms with Crippen LogP contribution in [0.25, 0.3) is 10.9 Å². The number of hydrogen-bond donors (Lipinski definition) is 0. The molecule has 2 aromatic rings. The van der Waals surface area contributed by atoms with Crippen molar-refractivity contribution in [1.82, 2.24) is 9.88 Å². The number of hydrogen-bond acceptors (Lipinski definition) is 6. The highest BCUT2D eigenvalue weighted by Gasteiger charge is 2.24. The van der Waals surface area contributed by atoms with E-state index in [-0.39, 0.29) is 6.10 Å². The molecule has 1 aromatic carbocycles. The van der Waals surface area contributed by atoms with E-state index in [0.29, 0.717) is 0 Å². The molecule has 0 spiro atoms. The van der Waals surface area contributed by atoms with Crippen molar-refractivity contribution >= 4 is 16.7 Å². The van der Waals surface area contributed by atoms with Crippen molar-refractivity contribution in [2.24, 2.45) is 0 Å². The lowest BCUT2D eigenvalue weighted by molar-refractivity contribution is 0.0350. The number of rotatable bonds is 5. The van der Waals surface area contributed by atoms with Gasteiger partial charge in [-0.05, 0) is 57.0 Å². The maximum atomic E-state index is 6.20. The smallest absolute Gasteiger partial charge is 0.148 e. The van der Waals surface area contributed by atoms with Crippen LogP contribution in [0.1, 0.15) is 31.2 Å². The van der Waals surface area contributed by atoms with Crippen molar-refractivity contribution in [1.29, 1.82) is 0 Å². The molecule has 6 heteroatoms. The maximum Gasteiger partial charge on any atom is 0.148 e. The van der Waals surface area contributed by atoms with Crippen molar-refractivity contribution in [2.75, 3.05) is 58.5 Å². The van der Waals surface area contributed by atoms with Crippen molar-refractivity contribution in [3.8, 4) is 11.5 Å². The number of methoxy groups -OCH3 is 2. The number of ether oxygens (including phenoxy) is 3. The molecule has 0 saturated carbocycles. The van der Waals surface area contributed by atoms with Gasteiger partial charge in [0.1, 0.15) is 22.8 Å². The van der Waals surface area contributed by atoms with Crippen LogP contribution >= 0.6 is 0 Å². The normalized spacial score (nSPS) is 21.2. The lowest BCUT2D eigenvalue weighted by Gasteiger charge is -2.32. The van der Waals surface area contributed by atoms with E-state index in [1.54, 1.807) is 14.2 Å². The largest absolute Gasteiger partial charge is 0.497 e. The van der Waals surface area contributed by atoms with Gasteiger partial charge in [-0.15, -0.1) is 0 Å². The van der Waals surface area contributed by atoms with Gasteiger partial charge in [0, 0.05) is 37.7 Å². The molecule has 4 rings (SSSR count). The van der Waals surface area contributed by atoms with Crippen LogP contribution in [0.4, 0.5) is 5.82 Å². The number of anilines is 1. The highest BCUT2D eigenvalue weighted by atomic mass is 16.5. The molecule has 0 bridgehead atoms. The summed E-state index contributed by atoms with van der Waals surface area (Å²) >= 11 is 0. The fraction of sp³-hybridized carbons (Fsp3) is 0.609. The van der Waals surface area contributed by atoms with E-state index in [2.05, 4.69) is 22.8 Å². The molecule has 2 aliphatic heterocycles. The molecule has 158 valence electrons. The van der Waals surface area contributed by atoms with Crippen LogP contribution in [0.2, 0.25) is 0 Å². The first-order valence-corrected chi connectivity index (χ1v) is 10.8. The molecule has 1 aromatic heterocycles. The zero-order valence-corrected chi connectivity index (χ0v) is 17.9. The summed E-state index contributed by atoms with van der Waals surface area (Å²) in [5, 5.41) is 1.07. The Balaban J connectivity index is 1.60. The topological polar surface area (TPSA) is 47.1 Å². The molecule has 0 radical (unpaired) electrons. The molecule has 2 aliphatic rings. The Hall–Kier alpha value is -2.05. The summed E-state index contributed by atoms with van der Waals surface area (Å²) in [4.78, 5) is 9.95. The molecule has 6 nitrogen and oxygen atoms in total. The summed E-state index contributed by atoms with van der Waals surface area (Å²) in [7, 11) is 3.36. The molecule has 29 heavy (non-hydrogen) atoms. The van der Waals surface area contributed by atoms with Crippen LogP contribution in [0.5, 0.6) is 11.5 Å². The van der Waals surface area contributed by atoms with E-state index in [4.69, 9.17) is 19.2 Å². The van der Waals surface area contributed by atoms with Crippen LogP contribution in [0, 0.1) is 6.92 Å². The lowest BCUT2D eigenvalue weighted by atomic mass is 10.1. The SMILES string of the molecule is COc1cc(OC)c2nc(N3CCCO[C@@H](CN4CCCCC4)C3)cc(C)c2c1. The number of nitrogens with zero attached hydrogens (tertiary/aromatic N) is 3. The summed E-state index contributed by atoms with van der Waals surface area (Å²) in [6.45, 7) is 8.22. The Morgan fingerprint density at radius 2 is 1.86 bits per heavy atom. The van der Waals surface area contributed by atoms with Gasteiger partial charge < -0.3 is 24.0 Å². The number of pyridine rings is 1. The monoisotopic (exact) mass is 399 g/mol. The third-order valence-electron chi connectivity index (χ3n) is 6.09. The molecule has 2 saturated heterocycles. The summed E-state index contributed by atoms with van der Waals surface area (Å²) in [6, 6.07) is 6.13. The van der Waals surface area contributed by atoms with E-state index in [1.807, 2.05) is 12.1 Å². The minimum absolute atomic E-state index is 0.228. The fourth-order valence-electron chi connectivity index (χ4n) is 4.50. The minimum atomic E-state index is 0.228. The molecular formula is C23H33N3O3. The number of aromatic nitrogens is 1. The van der Waals surface area contributed by atoms with Gasteiger partial charge >= 0.3 is 0 Å². The van der Waals surface area contributed by atoms with Crippen molar-refractivity contribution < 1.29 is 14.2 Å². The molecule has 1 atom stereocenters. The van der Waals surface area contributed by atoms with Gasteiger partial charge in [-0.3, -0.25) is 0 Å². The average molecular weight is 400 g/mol. The molecule has 0 unspecified atom stereocenters. The fourth-order valence-corrected chi connectivity index (χ4v) is 4.50. The predicted octanol–water partition coefficient (Wildman–Crippen LogP) is 3.64. The van der Waals surface area contributed by atoms with E-state index in [1.165, 1.54) is 37.9 Å². The first-order valence-electron chi connectivity index (χ1n) is 10.8. The van der Waals surface area contributed by atoms with Crippen LogP contribution in [-0.2, 0) is 4.74 Å². The zero-order valence-electron chi connectivity index (χ0n) is 17.9. The summed E-state index contributed by atoms with van der Waals surface area (Å²) in [6.07, 6.45) is 5.23. The quantitative estimate of drug-likeness (QED) is 0.765. The average Bonchev–Trinajstić information content (AvgIpc) is 2.99. The second kappa shape index (κ2) is 9.18.